The smallest absolute Gasteiger partial charge is 0.318 e. The van der Waals surface area contributed by atoms with Gasteiger partial charge in [0.25, 0.3) is 0 Å². The first-order valence-electron chi connectivity index (χ1n) is 3.84. The second-order valence-electron chi connectivity index (χ2n) is 2.63. The number of primary amides is 1. The molecule has 0 aliphatic heterocycles. The Morgan fingerprint density at radius 2 is 2.07 bits per heavy atom. The summed E-state index contributed by atoms with van der Waals surface area (Å²) >= 11 is 1.15. The molecule has 0 aliphatic rings. The normalized spacial score (nSPS) is 11.8. The van der Waals surface area contributed by atoms with E-state index in [1.807, 2.05) is 5.32 Å². The van der Waals surface area contributed by atoms with E-state index in [9.17, 15) is 14.4 Å². The van der Waals surface area contributed by atoms with Gasteiger partial charge in [-0.3, -0.25) is 14.9 Å². The number of amides is 3. The summed E-state index contributed by atoms with van der Waals surface area (Å²) in [5.74, 6) is -1.41. The van der Waals surface area contributed by atoms with E-state index in [-0.39, 0.29) is 17.4 Å². The summed E-state index contributed by atoms with van der Waals surface area (Å²) in [6.07, 6.45) is -0.0193. The van der Waals surface area contributed by atoms with Gasteiger partial charge in [0.1, 0.15) is 0 Å². The van der Waals surface area contributed by atoms with Gasteiger partial charge < -0.3 is 10.8 Å². The number of aliphatic carboxylic acids is 1. The topological polar surface area (TPSA) is 109 Å². The molecule has 6 nitrogen and oxygen atoms in total. The molecule has 0 aromatic heterocycles. The Labute approximate surface area is 85.2 Å². The van der Waals surface area contributed by atoms with Crippen LogP contribution in [0.25, 0.3) is 0 Å². The molecular weight excluding hydrogens is 208 g/mol. The molecule has 80 valence electrons. The maximum absolute atomic E-state index is 10.9. The minimum absolute atomic E-state index is 0.0193. The van der Waals surface area contributed by atoms with E-state index in [0.717, 1.165) is 11.8 Å². The van der Waals surface area contributed by atoms with Gasteiger partial charge in [-0.1, -0.05) is 6.92 Å². The molecule has 0 aliphatic carbocycles. The van der Waals surface area contributed by atoms with Gasteiger partial charge in [-0.25, -0.2) is 4.79 Å². The number of carboxylic acid groups (broad SMARTS) is 1. The van der Waals surface area contributed by atoms with Crippen LogP contribution in [0.5, 0.6) is 0 Å². The lowest BCUT2D eigenvalue weighted by Crippen LogP contribution is -2.36. The fourth-order valence-electron chi connectivity index (χ4n) is 0.696. The third kappa shape index (κ3) is 7.41. The summed E-state index contributed by atoms with van der Waals surface area (Å²) < 4.78 is 0. The van der Waals surface area contributed by atoms with Crippen molar-refractivity contribution in [2.45, 2.75) is 18.6 Å². The Bertz CT molecular complexity index is 244. The van der Waals surface area contributed by atoms with Crippen molar-refractivity contribution in [2.24, 2.45) is 5.73 Å². The number of thioether (sulfide) groups is 1. The average molecular weight is 220 g/mol. The van der Waals surface area contributed by atoms with Crippen LogP contribution in [0.3, 0.4) is 0 Å². The van der Waals surface area contributed by atoms with E-state index >= 15 is 0 Å². The molecule has 0 bridgehead atoms. The highest BCUT2D eigenvalue weighted by molar-refractivity contribution is 8.00. The van der Waals surface area contributed by atoms with Crippen LogP contribution in [0.4, 0.5) is 4.79 Å². The highest BCUT2D eigenvalue weighted by Crippen LogP contribution is 2.13. The molecule has 4 N–H and O–H groups in total. The number of rotatable bonds is 5. The predicted molar refractivity (Wildman–Crippen MR) is 51.9 cm³/mol. The second kappa shape index (κ2) is 6.25. The Kier molecular flexibility index (Phi) is 5.70. The molecular formula is C7H12N2O4S. The summed E-state index contributed by atoms with van der Waals surface area (Å²) in [4.78, 5) is 31.3. The van der Waals surface area contributed by atoms with E-state index < -0.39 is 17.9 Å². The molecule has 1 unspecified atom stereocenters. The zero-order valence-corrected chi connectivity index (χ0v) is 8.47. The Balaban J connectivity index is 3.66. The maximum Gasteiger partial charge on any atom is 0.318 e. The Morgan fingerprint density at radius 3 is 2.50 bits per heavy atom. The van der Waals surface area contributed by atoms with Crippen LogP contribution in [0, 0.1) is 0 Å². The van der Waals surface area contributed by atoms with E-state index in [0.29, 0.717) is 0 Å². The van der Waals surface area contributed by atoms with Gasteiger partial charge in [-0.2, -0.15) is 0 Å². The van der Waals surface area contributed by atoms with Gasteiger partial charge in [-0.05, 0) is 0 Å². The largest absolute Gasteiger partial charge is 0.481 e. The SMILES string of the molecule is CC(CC(=O)O)SCC(=O)NC(N)=O. The highest BCUT2D eigenvalue weighted by atomic mass is 32.2. The number of nitrogens with two attached hydrogens (primary N) is 1. The zero-order valence-electron chi connectivity index (χ0n) is 7.65. The molecule has 7 heteroatoms. The number of hydrogen-bond donors (Lipinski definition) is 3. The fourth-order valence-corrected chi connectivity index (χ4v) is 1.46. The van der Waals surface area contributed by atoms with Gasteiger partial charge in [0, 0.05) is 5.25 Å². The monoisotopic (exact) mass is 220 g/mol. The molecule has 0 spiro atoms. The van der Waals surface area contributed by atoms with Gasteiger partial charge in [-0.15, -0.1) is 11.8 Å². The molecule has 0 aromatic carbocycles. The number of nitrogens with one attached hydrogen (secondary N) is 1. The summed E-state index contributed by atoms with van der Waals surface area (Å²) in [5.41, 5.74) is 4.71. The van der Waals surface area contributed by atoms with Crippen LogP contribution < -0.4 is 11.1 Å². The van der Waals surface area contributed by atoms with Crippen molar-refractivity contribution in [3.8, 4) is 0 Å². The van der Waals surface area contributed by atoms with Crippen molar-refractivity contribution in [1.29, 1.82) is 0 Å². The van der Waals surface area contributed by atoms with Gasteiger partial charge in [0.2, 0.25) is 5.91 Å². The minimum Gasteiger partial charge on any atom is -0.481 e. The molecule has 0 aromatic rings. The lowest BCUT2D eigenvalue weighted by atomic mass is 10.3. The number of carboxylic acids is 1. The summed E-state index contributed by atoms with van der Waals surface area (Å²) in [5, 5.41) is 10.1. The summed E-state index contributed by atoms with van der Waals surface area (Å²) in [6, 6.07) is -0.901. The Hall–Kier alpha value is -1.24. The van der Waals surface area contributed by atoms with Crippen LogP contribution in [0.2, 0.25) is 0 Å². The third-order valence-electron chi connectivity index (χ3n) is 1.22. The standard InChI is InChI=1S/C7H12N2O4S/c1-4(2-6(11)12)14-3-5(10)9-7(8)13/h4H,2-3H2,1H3,(H,11,12)(H3,8,9,10,13). The third-order valence-corrected chi connectivity index (χ3v) is 2.39. The van der Waals surface area contributed by atoms with Crippen LogP contribution in [0.15, 0.2) is 0 Å². The van der Waals surface area contributed by atoms with Crippen molar-refractivity contribution in [1.82, 2.24) is 5.32 Å². The number of urea groups is 1. The van der Waals surface area contributed by atoms with Gasteiger partial charge in [0.05, 0.1) is 12.2 Å². The van der Waals surface area contributed by atoms with E-state index in [4.69, 9.17) is 10.8 Å². The number of carbonyl (C=O) groups excluding carboxylic acids is 2. The highest BCUT2D eigenvalue weighted by Gasteiger charge is 2.11. The molecule has 0 fully saturated rings. The molecule has 0 rings (SSSR count). The van der Waals surface area contributed by atoms with Gasteiger partial charge >= 0.3 is 12.0 Å². The van der Waals surface area contributed by atoms with E-state index in [1.165, 1.54) is 0 Å². The van der Waals surface area contributed by atoms with Gasteiger partial charge in [0.15, 0.2) is 0 Å². The molecule has 0 saturated carbocycles. The van der Waals surface area contributed by atoms with Crippen molar-refractivity contribution in [2.75, 3.05) is 5.75 Å². The molecule has 14 heavy (non-hydrogen) atoms. The molecule has 3 amide bonds. The number of imide groups is 1. The zero-order chi connectivity index (χ0) is 11.1. The van der Waals surface area contributed by atoms with Crippen LogP contribution in [0.1, 0.15) is 13.3 Å². The first-order valence-corrected chi connectivity index (χ1v) is 4.89. The minimum atomic E-state index is -0.916. The van der Waals surface area contributed by atoms with Crippen molar-refractivity contribution in [3.05, 3.63) is 0 Å². The average Bonchev–Trinajstić information content (AvgIpc) is 1.98. The number of carbonyl (C=O) groups is 3. The molecule has 0 radical (unpaired) electrons. The molecule has 0 heterocycles. The van der Waals surface area contributed by atoms with Crippen LogP contribution in [-0.4, -0.2) is 34.0 Å². The van der Waals surface area contributed by atoms with E-state index in [2.05, 4.69) is 0 Å². The maximum atomic E-state index is 10.9. The van der Waals surface area contributed by atoms with Crippen LogP contribution >= 0.6 is 11.8 Å². The van der Waals surface area contributed by atoms with E-state index in [1.54, 1.807) is 6.92 Å². The van der Waals surface area contributed by atoms with Crippen molar-refractivity contribution < 1.29 is 19.5 Å². The first kappa shape index (κ1) is 12.8. The lowest BCUT2D eigenvalue weighted by molar-refractivity contribution is -0.136. The molecule has 1 atom stereocenters. The lowest BCUT2D eigenvalue weighted by Gasteiger charge is -2.06. The molecule has 0 saturated heterocycles. The Morgan fingerprint density at radius 1 is 1.50 bits per heavy atom. The van der Waals surface area contributed by atoms with Crippen molar-refractivity contribution >= 4 is 29.7 Å². The second-order valence-corrected chi connectivity index (χ2v) is 4.06. The summed E-state index contributed by atoms with van der Waals surface area (Å²) in [7, 11) is 0. The fraction of sp³-hybridized carbons (Fsp3) is 0.571. The summed E-state index contributed by atoms with van der Waals surface area (Å²) in [6.45, 7) is 1.69. The predicted octanol–water partition coefficient (Wildman–Crippen LogP) is -0.222. The quantitative estimate of drug-likeness (QED) is 0.593. The van der Waals surface area contributed by atoms with Crippen LogP contribution in [-0.2, 0) is 9.59 Å². The first-order chi connectivity index (χ1) is 6.41. The van der Waals surface area contributed by atoms with Crippen molar-refractivity contribution in [3.63, 3.8) is 0 Å². The number of hydrogen-bond acceptors (Lipinski definition) is 4.